The summed E-state index contributed by atoms with van der Waals surface area (Å²) in [6.45, 7) is 7.97. The van der Waals surface area contributed by atoms with E-state index in [-0.39, 0.29) is 11.3 Å². The Bertz CT molecular complexity index is 663. The Hall–Kier alpha value is -1.91. The number of rotatable bonds is 2. The number of amides is 1. The van der Waals surface area contributed by atoms with E-state index >= 15 is 0 Å². The van der Waals surface area contributed by atoms with E-state index in [0.29, 0.717) is 12.3 Å². The third-order valence-corrected chi connectivity index (χ3v) is 4.23. The third kappa shape index (κ3) is 3.13. The second-order valence-electron chi connectivity index (χ2n) is 7.38. The summed E-state index contributed by atoms with van der Waals surface area (Å²) in [5, 5.41) is 8.59. The number of carbonyl (C=O) groups is 1. The molecule has 3 heterocycles. The van der Waals surface area contributed by atoms with Crippen molar-refractivity contribution in [2.75, 3.05) is 13.1 Å². The van der Waals surface area contributed by atoms with E-state index < -0.39 is 0 Å². The maximum absolute atomic E-state index is 12.3. The van der Waals surface area contributed by atoms with Crippen LogP contribution in [-0.2, 0) is 4.79 Å². The molecule has 5 heteroatoms. The summed E-state index contributed by atoms with van der Waals surface area (Å²) in [4.78, 5) is 14.3. The highest BCUT2D eigenvalue weighted by molar-refractivity contribution is 5.76. The maximum Gasteiger partial charge on any atom is 0.223 e. The van der Waals surface area contributed by atoms with Gasteiger partial charge < -0.3 is 4.90 Å². The first-order valence-corrected chi connectivity index (χ1v) is 8.01. The van der Waals surface area contributed by atoms with Crippen LogP contribution >= 0.6 is 0 Å². The molecule has 118 valence electrons. The molecule has 22 heavy (non-hydrogen) atoms. The molecule has 2 aromatic rings. The SMILES string of the molecule is CC(C)(C)CC(=O)N1CCC(c2nnc3ccccn23)CC1. The van der Waals surface area contributed by atoms with E-state index in [2.05, 4.69) is 35.4 Å². The van der Waals surface area contributed by atoms with Crippen LogP contribution in [-0.4, -0.2) is 38.5 Å². The number of hydrogen-bond donors (Lipinski definition) is 0. The van der Waals surface area contributed by atoms with Gasteiger partial charge in [0.1, 0.15) is 5.82 Å². The normalized spacial score (nSPS) is 17.1. The molecule has 0 spiro atoms. The summed E-state index contributed by atoms with van der Waals surface area (Å²) < 4.78 is 2.07. The van der Waals surface area contributed by atoms with Crippen molar-refractivity contribution in [1.82, 2.24) is 19.5 Å². The van der Waals surface area contributed by atoms with Crippen molar-refractivity contribution >= 4 is 11.6 Å². The second-order valence-corrected chi connectivity index (χ2v) is 7.38. The summed E-state index contributed by atoms with van der Waals surface area (Å²) in [5.74, 6) is 1.69. The highest BCUT2D eigenvalue weighted by Gasteiger charge is 2.28. The first kappa shape index (κ1) is 15.0. The van der Waals surface area contributed by atoms with Crippen molar-refractivity contribution in [3.63, 3.8) is 0 Å². The van der Waals surface area contributed by atoms with Gasteiger partial charge >= 0.3 is 0 Å². The molecule has 5 nitrogen and oxygen atoms in total. The van der Waals surface area contributed by atoms with Gasteiger partial charge in [-0.25, -0.2) is 0 Å². The fourth-order valence-corrected chi connectivity index (χ4v) is 3.09. The van der Waals surface area contributed by atoms with Crippen LogP contribution in [0.5, 0.6) is 0 Å². The zero-order valence-corrected chi connectivity index (χ0v) is 13.6. The van der Waals surface area contributed by atoms with Crippen molar-refractivity contribution < 1.29 is 4.79 Å². The van der Waals surface area contributed by atoms with Crippen molar-refractivity contribution in [2.24, 2.45) is 5.41 Å². The topological polar surface area (TPSA) is 50.5 Å². The molecule has 1 saturated heterocycles. The zero-order valence-electron chi connectivity index (χ0n) is 13.6. The van der Waals surface area contributed by atoms with Gasteiger partial charge in [0.25, 0.3) is 0 Å². The molecule has 1 fully saturated rings. The Labute approximate surface area is 131 Å². The number of fused-ring (bicyclic) bond motifs is 1. The van der Waals surface area contributed by atoms with Crippen LogP contribution in [0.4, 0.5) is 0 Å². The minimum Gasteiger partial charge on any atom is -0.343 e. The van der Waals surface area contributed by atoms with E-state index in [1.54, 1.807) is 0 Å². The van der Waals surface area contributed by atoms with E-state index in [9.17, 15) is 4.79 Å². The van der Waals surface area contributed by atoms with Crippen molar-refractivity contribution in [1.29, 1.82) is 0 Å². The average Bonchev–Trinajstić information content (AvgIpc) is 2.89. The van der Waals surface area contributed by atoms with Crippen LogP contribution in [0.2, 0.25) is 0 Å². The van der Waals surface area contributed by atoms with Crippen LogP contribution < -0.4 is 0 Å². The molecule has 1 aliphatic rings. The minimum absolute atomic E-state index is 0.0527. The molecule has 0 aromatic carbocycles. The lowest BCUT2D eigenvalue weighted by molar-refractivity contribution is -0.134. The summed E-state index contributed by atoms with van der Waals surface area (Å²) in [7, 11) is 0. The van der Waals surface area contributed by atoms with Crippen LogP contribution in [0.1, 0.15) is 51.8 Å². The van der Waals surface area contributed by atoms with Gasteiger partial charge in [-0.2, -0.15) is 0 Å². The monoisotopic (exact) mass is 300 g/mol. The minimum atomic E-state index is 0.0527. The van der Waals surface area contributed by atoms with Crippen molar-refractivity contribution in [3.05, 3.63) is 30.2 Å². The molecule has 2 aromatic heterocycles. The van der Waals surface area contributed by atoms with Crippen LogP contribution in [0, 0.1) is 5.41 Å². The zero-order chi connectivity index (χ0) is 15.7. The second kappa shape index (κ2) is 5.71. The predicted molar refractivity (Wildman–Crippen MR) is 85.6 cm³/mol. The van der Waals surface area contributed by atoms with Crippen LogP contribution in [0.15, 0.2) is 24.4 Å². The van der Waals surface area contributed by atoms with Crippen molar-refractivity contribution in [2.45, 2.75) is 46.0 Å². The van der Waals surface area contributed by atoms with Gasteiger partial charge in [-0.15, -0.1) is 10.2 Å². The fourth-order valence-electron chi connectivity index (χ4n) is 3.09. The first-order valence-electron chi connectivity index (χ1n) is 8.01. The van der Waals surface area contributed by atoms with E-state index in [4.69, 9.17) is 0 Å². The molecule has 3 rings (SSSR count). The molecule has 0 aliphatic carbocycles. The number of likely N-dealkylation sites (tertiary alicyclic amines) is 1. The van der Waals surface area contributed by atoms with Gasteiger partial charge in [0.05, 0.1) is 0 Å². The van der Waals surface area contributed by atoms with Gasteiger partial charge in [-0.05, 0) is 30.4 Å². The molecule has 0 saturated carbocycles. The van der Waals surface area contributed by atoms with Gasteiger partial charge in [-0.3, -0.25) is 9.20 Å². The fraction of sp³-hybridized carbons (Fsp3) is 0.588. The highest BCUT2D eigenvalue weighted by Crippen LogP contribution is 2.28. The van der Waals surface area contributed by atoms with Crippen LogP contribution in [0.25, 0.3) is 5.65 Å². The van der Waals surface area contributed by atoms with Gasteiger partial charge in [0.2, 0.25) is 5.91 Å². The first-order chi connectivity index (χ1) is 10.4. The summed E-state index contributed by atoms with van der Waals surface area (Å²) in [5.41, 5.74) is 0.945. The molecule has 0 N–H and O–H groups in total. The average molecular weight is 300 g/mol. The largest absolute Gasteiger partial charge is 0.343 e. The van der Waals surface area contributed by atoms with Crippen LogP contribution in [0.3, 0.4) is 0 Å². The molecule has 0 unspecified atom stereocenters. The number of pyridine rings is 1. The molecule has 1 amide bonds. The third-order valence-electron chi connectivity index (χ3n) is 4.23. The lowest BCUT2D eigenvalue weighted by Crippen LogP contribution is -2.39. The number of nitrogens with zero attached hydrogens (tertiary/aromatic N) is 4. The predicted octanol–water partition coefficient (Wildman–Crippen LogP) is 2.87. The lowest BCUT2D eigenvalue weighted by Gasteiger charge is -2.33. The maximum atomic E-state index is 12.3. The summed E-state index contributed by atoms with van der Waals surface area (Å²) in [6.07, 6.45) is 4.56. The lowest BCUT2D eigenvalue weighted by atomic mass is 9.90. The number of hydrogen-bond acceptors (Lipinski definition) is 3. The molecular formula is C17H24N4O. The molecule has 0 radical (unpaired) electrons. The van der Waals surface area contributed by atoms with E-state index in [0.717, 1.165) is 37.4 Å². The van der Waals surface area contributed by atoms with E-state index in [1.807, 2.05) is 29.3 Å². The van der Waals surface area contributed by atoms with Gasteiger partial charge in [0, 0.05) is 31.6 Å². The summed E-state index contributed by atoms with van der Waals surface area (Å²) >= 11 is 0. The quantitative estimate of drug-likeness (QED) is 0.857. The molecule has 0 atom stereocenters. The molecule has 1 aliphatic heterocycles. The smallest absolute Gasteiger partial charge is 0.223 e. The van der Waals surface area contributed by atoms with Gasteiger partial charge in [-0.1, -0.05) is 26.8 Å². The number of carbonyl (C=O) groups excluding carboxylic acids is 1. The summed E-state index contributed by atoms with van der Waals surface area (Å²) in [6, 6.07) is 5.95. The van der Waals surface area contributed by atoms with Crippen molar-refractivity contribution in [3.8, 4) is 0 Å². The Morgan fingerprint density at radius 2 is 1.95 bits per heavy atom. The Morgan fingerprint density at radius 1 is 1.23 bits per heavy atom. The number of aromatic nitrogens is 3. The molecule has 0 bridgehead atoms. The van der Waals surface area contributed by atoms with Gasteiger partial charge in [0.15, 0.2) is 5.65 Å². The standard InChI is InChI=1S/C17H24N4O/c1-17(2,3)12-15(22)20-10-7-13(8-11-20)16-19-18-14-6-4-5-9-21(14)16/h4-6,9,13H,7-8,10-12H2,1-3H3. The number of piperidine rings is 1. The highest BCUT2D eigenvalue weighted by atomic mass is 16.2. The Balaban J connectivity index is 1.66. The Kier molecular flexibility index (Phi) is 3.89. The van der Waals surface area contributed by atoms with E-state index in [1.165, 1.54) is 0 Å². The Morgan fingerprint density at radius 3 is 2.64 bits per heavy atom. The molecular weight excluding hydrogens is 276 g/mol.